The van der Waals surface area contributed by atoms with Crippen molar-refractivity contribution in [3.05, 3.63) is 212 Å². The Kier molecular flexibility index (Phi) is 7.53. The fourth-order valence-electron chi connectivity index (χ4n) is 8.71. The van der Waals surface area contributed by atoms with Crippen molar-refractivity contribution in [2.24, 2.45) is 0 Å². The van der Waals surface area contributed by atoms with Crippen molar-refractivity contribution in [2.45, 2.75) is 0 Å². The molecule has 0 atom stereocenters. The van der Waals surface area contributed by atoms with Crippen molar-refractivity contribution in [1.29, 1.82) is 0 Å². The highest BCUT2D eigenvalue weighted by molar-refractivity contribution is 6.22. The van der Waals surface area contributed by atoms with E-state index in [0.29, 0.717) is 0 Å². The molecule has 2 heteroatoms. The molecule has 0 saturated carbocycles. The van der Waals surface area contributed by atoms with Crippen LogP contribution in [-0.2, 0) is 0 Å². The van der Waals surface area contributed by atoms with E-state index in [1.54, 1.807) is 0 Å². The maximum Gasteiger partial charge on any atom is 0.143 e. The van der Waals surface area contributed by atoms with E-state index in [4.69, 9.17) is 4.42 Å². The average Bonchev–Trinajstić information content (AvgIpc) is 3.67. The quantitative estimate of drug-likeness (QED) is 0.160. The number of nitrogens with zero attached hydrogens (tertiary/aromatic N) is 1. The Hall–Kier alpha value is -7.42. The summed E-state index contributed by atoms with van der Waals surface area (Å²) >= 11 is 0. The summed E-state index contributed by atoms with van der Waals surface area (Å²) in [5.41, 5.74) is 12.3. The molecule has 11 aromatic rings. The van der Waals surface area contributed by atoms with Gasteiger partial charge in [-0.25, -0.2) is 0 Å². The van der Waals surface area contributed by atoms with Gasteiger partial charge in [-0.3, -0.25) is 0 Å². The van der Waals surface area contributed by atoms with Crippen LogP contribution in [0.1, 0.15) is 0 Å². The van der Waals surface area contributed by atoms with Crippen LogP contribution < -0.4 is 4.90 Å². The van der Waals surface area contributed by atoms with Crippen molar-refractivity contribution in [3.8, 4) is 33.4 Å². The number of fused-ring (bicyclic) bond motifs is 8. The Bertz CT molecular complexity index is 3220. The average molecular weight is 714 g/mol. The van der Waals surface area contributed by atoms with E-state index in [9.17, 15) is 0 Å². The van der Waals surface area contributed by atoms with Gasteiger partial charge < -0.3 is 9.32 Å². The molecule has 1 aromatic heterocycles. The molecule has 0 N–H and O–H groups in total. The molecule has 0 aliphatic heterocycles. The molecule has 10 aromatic carbocycles. The summed E-state index contributed by atoms with van der Waals surface area (Å²) in [6, 6.07) is 76.4. The molecule has 0 spiro atoms. The first kappa shape index (κ1) is 32.0. The predicted molar refractivity (Wildman–Crippen MR) is 237 cm³/mol. The van der Waals surface area contributed by atoms with Gasteiger partial charge in [0.2, 0.25) is 0 Å². The second kappa shape index (κ2) is 13.2. The molecule has 0 radical (unpaired) electrons. The minimum atomic E-state index is 0.874. The minimum Gasteiger partial charge on any atom is -0.455 e. The Morgan fingerprint density at radius 2 is 0.875 bits per heavy atom. The summed E-state index contributed by atoms with van der Waals surface area (Å²) < 4.78 is 6.62. The van der Waals surface area contributed by atoms with Gasteiger partial charge in [-0.2, -0.15) is 0 Å². The number of anilines is 3. The highest BCUT2D eigenvalue weighted by atomic mass is 16.3. The zero-order chi connectivity index (χ0) is 37.0. The van der Waals surface area contributed by atoms with Crippen LogP contribution in [0.5, 0.6) is 0 Å². The maximum atomic E-state index is 6.62. The van der Waals surface area contributed by atoms with Crippen LogP contribution in [0.25, 0.3) is 87.6 Å². The van der Waals surface area contributed by atoms with E-state index in [2.05, 4.69) is 217 Å². The topological polar surface area (TPSA) is 16.4 Å². The van der Waals surface area contributed by atoms with Crippen molar-refractivity contribution in [3.63, 3.8) is 0 Å². The normalized spacial score (nSPS) is 11.6. The minimum absolute atomic E-state index is 0.874. The van der Waals surface area contributed by atoms with Crippen LogP contribution >= 0.6 is 0 Å². The molecule has 2 nitrogen and oxygen atoms in total. The molecule has 0 unspecified atom stereocenters. The van der Waals surface area contributed by atoms with E-state index in [1.807, 2.05) is 0 Å². The zero-order valence-electron chi connectivity index (χ0n) is 30.6. The molecule has 1 heterocycles. The van der Waals surface area contributed by atoms with Gasteiger partial charge in [-0.15, -0.1) is 0 Å². The third kappa shape index (κ3) is 5.19. The molecule has 0 fully saturated rings. The second-order valence-electron chi connectivity index (χ2n) is 14.4. The van der Waals surface area contributed by atoms with Gasteiger partial charge >= 0.3 is 0 Å². The van der Waals surface area contributed by atoms with Gasteiger partial charge in [0.25, 0.3) is 0 Å². The Morgan fingerprint density at radius 1 is 0.321 bits per heavy atom. The van der Waals surface area contributed by atoms with Gasteiger partial charge in [-0.05, 0) is 109 Å². The molecular formula is C54H35NO. The van der Waals surface area contributed by atoms with Crippen LogP contribution in [0, 0.1) is 0 Å². The van der Waals surface area contributed by atoms with Crippen LogP contribution in [0.4, 0.5) is 17.1 Å². The maximum absolute atomic E-state index is 6.62. The zero-order valence-corrected chi connectivity index (χ0v) is 30.6. The molecule has 11 rings (SSSR count). The molecule has 262 valence electrons. The molecule has 0 bridgehead atoms. The fraction of sp³-hybridized carbons (Fsp3) is 0. The highest BCUT2D eigenvalue weighted by Gasteiger charge is 2.21. The van der Waals surface area contributed by atoms with Crippen molar-refractivity contribution in [1.82, 2.24) is 0 Å². The predicted octanol–water partition coefficient (Wildman–Crippen LogP) is 15.5. The smallest absolute Gasteiger partial charge is 0.143 e. The first-order chi connectivity index (χ1) is 27.8. The van der Waals surface area contributed by atoms with Gasteiger partial charge in [-0.1, -0.05) is 164 Å². The van der Waals surface area contributed by atoms with Gasteiger partial charge in [0, 0.05) is 22.1 Å². The largest absolute Gasteiger partial charge is 0.455 e. The molecule has 0 aliphatic carbocycles. The number of rotatable bonds is 6. The van der Waals surface area contributed by atoms with E-state index < -0.39 is 0 Å². The summed E-state index contributed by atoms with van der Waals surface area (Å²) in [6.07, 6.45) is 0. The van der Waals surface area contributed by atoms with Crippen LogP contribution in [0.3, 0.4) is 0 Å². The third-order valence-corrected chi connectivity index (χ3v) is 11.2. The van der Waals surface area contributed by atoms with Crippen molar-refractivity contribution in [2.75, 3.05) is 4.90 Å². The lowest BCUT2D eigenvalue weighted by atomic mass is 9.84. The molecule has 0 saturated heterocycles. The lowest BCUT2D eigenvalue weighted by Crippen LogP contribution is -2.10. The lowest BCUT2D eigenvalue weighted by molar-refractivity contribution is 0.672. The highest BCUT2D eigenvalue weighted by Crippen LogP contribution is 2.47. The van der Waals surface area contributed by atoms with Gasteiger partial charge in [0.1, 0.15) is 11.2 Å². The molecule has 0 amide bonds. The summed E-state index contributed by atoms with van der Waals surface area (Å²) in [7, 11) is 0. The first-order valence-corrected chi connectivity index (χ1v) is 19.2. The van der Waals surface area contributed by atoms with E-state index >= 15 is 0 Å². The second-order valence-corrected chi connectivity index (χ2v) is 14.4. The SMILES string of the molecule is c1ccc(-c2c(-c3ccccc3)c3cc(-c4ccc(N(c5ccccc5)c5cccc6oc7c8ccccc8ccc7c56)cc4)ccc3c3ccccc23)cc1. The van der Waals surface area contributed by atoms with Crippen LogP contribution in [0.2, 0.25) is 0 Å². The molecular weight excluding hydrogens is 679 g/mol. The van der Waals surface area contributed by atoms with Crippen LogP contribution in [-0.4, -0.2) is 0 Å². The van der Waals surface area contributed by atoms with E-state index in [1.165, 1.54) is 54.7 Å². The van der Waals surface area contributed by atoms with Gasteiger partial charge in [0.05, 0.1) is 11.1 Å². The van der Waals surface area contributed by atoms with E-state index in [-0.39, 0.29) is 0 Å². The Balaban J connectivity index is 1.09. The van der Waals surface area contributed by atoms with Crippen molar-refractivity contribution < 1.29 is 4.42 Å². The van der Waals surface area contributed by atoms with E-state index in [0.717, 1.165) is 50.0 Å². The fourth-order valence-corrected chi connectivity index (χ4v) is 8.71. The van der Waals surface area contributed by atoms with Crippen molar-refractivity contribution >= 4 is 71.3 Å². The number of hydrogen-bond acceptors (Lipinski definition) is 2. The molecule has 56 heavy (non-hydrogen) atoms. The molecule has 0 aliphatic rings. The summed E-state index contributed by atoms with van der Waals surface area (Å²) in [5, 5.41) is 9.52. The number of para-hydroxylation sites is 1. The monoisotopic (exact) mass is 713 g/mol. The number of furan rings is 1. The lowest BCUT2D eigenvalue weighted by Gasteiger charge is -2.26. The Labute approximate surface area is 325 Å². The summed E-state index contributed by atoms with van der Waals surface area (Å²) in [6.45, 7) is 0. The standard InChI is InChI=1S/C54H35NO/c1-4-16-38(17-5-1)51-46-24-13-12-23-44(46)45-33-30-40(35-48(45)52(51)39-18-6-2-7-19-39)36-27-31-42(32-28-36)55(41-20-8-3-9-21-41)49-25-14-26-50-53(49)47-34-29-37-15-10-11-22-43(37)54(47)56-50/h1-35H. The summed E-state index contributed by atoms with van der Waals surface area (Å²) in [4.78, 5) is 2.35. The number of hydrogen-bond donors (Lipinski definition) is 0. The summed E-state index contributed by atoms with van der Waals surface area (Å²) in [5.74, 6) is 0. The third-order valence-electron chi connectivity index (χ3n) is 11.2. The Morgan fingerprint density at radius 3 is 1.61 bits per heavy atom. The number of benzene rings is 10. The van der Waals surface area contributed by atoms with Crippen LogP contribution in [0.15, 0.2) is 217 Å². The van der Waals surface area contributed by atoms with Gasteiger partial charge in [0.15, 0.2) is 0 Å². The first-order valence-electron chi connectivity index (χ1n) is 19.2.